The van der Waals surface area contributed by atoms with Crippen LogP contribution in [0.4, 0.5) is 5.69 Å². The number of hydrogen-bond acceptors (Lipinski definition) is 2. The predicted octanol–water partition coefficient (Wildman–Crippen LogP) is 3.77. The van der Waals surface area contributed by atoms with E-state index >= 15 is 0 Å². The van der Waals surface area contributed by atoms with Crippen LogP contribution in [0.25, 0.3) is 22.2 Å². The molecule has 0 saturated carbocycles. The lowest BCUT2D eigenvalue weighted by Crippen LogP contribution is -1.93. The highest BCUT2D eigenvalue weighted by Gasteiger charge is 2.09. The van der Waals surface area contributed by atoms with Gasteiger partial charge in [-0.05, 0) is 25.1 Å². The lowest BCUT2D eigenvalue weighted by atomic mass is 10.1. The van der Waals surface area contributed by atoms with Crippen molar-refractivity contribution < 1.29 is 0 Å². The number of aromatic amines is 1. The Labute approximate surface area is 110 Å². The van der Waals surface area contributed by atoms with E-state index < -0.39 is 0 Å². The van der Waals surface area contributed by atoms with Crippen molar-refractivity contribution in [3.05, 3.63) is 47.2 Å². The zero-order valence-corrected chi connectivity index (χ0v) is 10.6. The Kier molecular flexibility index (Phi) is 2.49. The molecule has 0 aliphatic heterocycles. The molecule has 1 aromatic carbocycles. The molecule has 0 aliphatic rings. The fourth-order valence-corrected chi connectivity index (χ4v) is 2.28. The molecule has 0 amide bonds. The summed E-state index contributed by atoms with van der Waals surface area (Å²) < 4.78 is 0. The number of benzene rings is 1. The lowest BCUT2D eigenvalue weighted by Gasteiger charge is -2.03. The molecule has 0 radical (unpaired) electrons. The number of pyridine rings is 1. The van der Waals surface area contributed by atoms with Gasteiger partial charge in [0.1, 0.15) is 0 Å². The minimum absolute atomic E-state index is 0.705. The fraction of sp³-hybridized carbons (Fsp3) is 0.0714. The number of rotatable bonds is 1. The van der Waals surface area contributed by atoms with Gasteiger partial charge in [-0.3, -0.25) is 4.98 Å². The van der Waals surface area contributed by atoms with Crippen molar-refractivity contribution in [3.8, 4) is 11.3 Å². The van der Waals surface area contributed by atoms with Gasteiger partial charge in [0.05, 0.1) is 27.6 Å². The predicted molar refractivity (Wildman–Crippen MR) is 75.7 cm³/mol. The van der Waals surface area contributed by atoms with Gasteiger partial charge in [0.25, 0.3) is 0 Å². The molecule has 90 valence electrons. The quantitative estimate of drug-likeness (QED) is 0.697. The van der Waals surface area contributed by atoms with Crippen LogP contribution in [0.15, 0.2) is 36.5 Å². The highest BCUT2D eigenvalue weighted by Crippen LogP contribution is 2.31. The summed E-state index contributed by atoms with van der Waals surface area (Å²) in [6, 6.07) is 9.63. The van der Waals surface area contributed by atoms with Gasteiger partial charge in [0, 0.05) is 17.1 Å². The van der Waals surface area contributed by atoms with Crippen LogP contribution >= 0.6 is 11.6 Å². The second-order valence-corrected chi connectivity index (χ2v) is 4.64. The van der Waals surface area contributed by atoms with Crippen LogP contribution in [0, 0.1) is 6.92 Å². The van der Waals surface area contributed by atoms with Gasteiger partial charge in [-0.2, -0.15) is 0 Å². The SMILES string of the molecule is Cc1nc(-c2c[nH]c3c(Cl)cccc23)ccc1N. The number of anilines is 1. The maximum Gasteiger partial charge on any atom is 0.0728 e. The van der Waals surface area contributed by atoms with E-state index in [4.69, 9.17) is 17.3 Å². The summed E-state index contributed by atoms with van der Waals surface area (Å²) in [5, 5.41) is 1.78. The minimum atomic E-state index is 0.705. The molecule has 0 bridgehead atoms. The van der Waals surface area contributed by atoms with Crippen molar-refractivity contribution in [2.45, 2.75) is 6.92 Å². The number of nitrogen functional groups attached to an aromatic ring is 1. The Morgan fingerprint density at radius 2 is 2.06 bits per heavy atom. The number of aryl methyl sites for hydroxylation is 1. The molecular weight excluding hydrogens is 246 g/mol. The summed E-state index contributed by atoms with van der Waals surface area (Å²) in [6.07, 6.45) is 1.93. The molecule has 0 atom stereocenters. The van der Waals surface area contributed by atoms with E-state index in [1.54, 1.807) is 0 Å². The minimum Gasteiger partial charge on any atom is -0.397 e. The van der Waals surface area contributed by atoms with E-state index in [2.05, 4.69) is 9.97 Å². The molecule has 0 spiro atoms. The van der Waals surface area contributed by atoms with Gasteiger partial charge in [-0.15, -0.1) is 0 Å². The first kappa shape index (κ1) is 11.1. The van der Waals surface area contributed by atoms with Crippen LogP contribution in [0.1, 0.15) is 5.69 Å². The summed E-state index contributed by atoms with van der Waals surface area (Å²) in [7, 11) is 0. The highest BCUT2D eigenvalue weighted by atomic mass is 35.5. The summed E-state index contributed by atoms with van der Waals surface area (Å²) >= 11 is 6.14. The van der Waals surface area contributed by atoms with Crippen LogP contribution in [0.5, 0.6) is 0 Å². The average Bonchev–Trinajstić information content (AvgIpc) is 2.78. The lowest BCUT2D eigenvalue weighted by molar-refractivity contribution is 1.21. The Morgan fingerprint density at radius 1 is 1.22 bits per heavy atom. The van der Waals surface area contributed by atoms with Crippen LogP contribution in [0.3, 0.4) is 0 Å². The molecule has 0 unspecified atom stereocenters. The Hall–Kier alpha value is -2.00. The molecule has 3 nitrogen and oxygen atoms in total. The standard InChI is InChI=1S/C14H12ClN3/c1-8-12(16)5-6-13(18-8)10-7-17-14-9(10)3-2-4-11(14)15/h2-7,17H,16H2,1H3. The molecule has 4 heteroatoms. The number of nitrogens with one attached hydrogen (secondary N) is 1. The summed E-state index contributed by atoms with van der Waals surface area (Å²) in [4.78, 5) is 7.69. The number of H-pyrrole nitrogens is 1. The zero-order valence-electron chi connectivity index (χ0n) is 9.87. The maximum absolute atomic E-state index is 6.14. The summed E-state index contributed by atoms with van der Waals surface area (Å²) in [5.74, 6) is 0. The first-order valence-corrected chi connectivity index (χ1v) is 6.03. The van der Waals surface area contributed by atoms with E-state index in [9.17, 15) is 0 Å². The Bertz CT molecular complexity index is 731. The van der Waals surface area contributed by atoms with E-state index in [1.807, 2.05) is 43.5 Å². The summed E-state index contributed by atoms with van der Waals surface area (Å²) in [6.45, 7) is 1.90. The van der Waals surface area contributed by atoms with Gasteiger partial charge in [-0.1, -0.05) is 23.7 Å². The second kappa shape index (κ2) is 4.03. The fourth-order valence-electron chi connectivity index (χ4n) is 2.05. The molecular formula is C14H12ClN3. The number of halogens is 1. The third-order valence-corrected chi connectivity index (χ3v) is 3.38. The monoisotopic (exact) mass is 257 g/mol. The number of para-hydroxylation sites is 1. The molecule has 0 fully saturated rings. The molecule has 3 aromatic rings. The molecule has 2 heterocycles. The topological polar surface area (TPSA) is 54.7 Å². The second-order valence-electron chi connectivity index (χ2n) is 4.24. The van der Waals surface area contributed by atoms with Crippen LogP contribution in [0.2, 0.25) is 5.02 Å². The number of nitrogens with two attached hydrogens (primary N) is 1. The molecule has 0 saturated heterocycles. The van der Waals surface area contributed by atoms with Crippen molar-refractivity contribution in [1.29, 1.82) is 0 Å². The van der Waals surface area contributed by atoms with Gasteiger partial charge >= 0.3 is 0 Å². The normalized spacial score (nSPS) is 11.0. The zero-order chi connectivity index (χ0) is 12.7. The van der Waals surface area contributed by atoms with Crippen molar-refractivity contribution in [3.63, 3.8) is 0 Å². The third-order valence-electron chi connectivity index (χ3n) is 3.07. The number of nitrogens with zero attached hydrogens (tertiary/aromatic N) is 1. The van der Waals surface area contributed by atoms with Crippen molar-refractivity contribution in [2.75, 3.05) is 5.73 Å². The van der Waals surface area contributed by atoms with E-state index in [1.165, 1.54) is 0 Å². The number of hydrogen-bond donors (Lipinski definition) is 2. The van der Waals surface area contributed by atoms with Crippen molar-refractivity contribution in [1.82, 2.24) is 9.97 Å². The Morgan fingerprint density at radius 3 is 2.83 bits per heavy atom. The largest absolute Gasteiger partial charge is 0.397 e. The van der Waals surface area contributed by atoms with E-state index in [0.29, 0.717) is 10.7 Å². The third kappa shape index (κ3) is 1.64. The van der Waals surface area contributed by atoms with Gasteiger partial charge in [0.2, 0.25) is 0 Å². The molecule has 3 rings (SSSR count). The van der Waals surface area contributed by atoms with Gasteiger partial charge in [0.15, 0.2) is 0 Å². The van der Waals surface area contributed by atoms with Crippen molar-refractivity contribution in [2.24, 2.45) is 0 Å². The van der Waals surface area contributed by atoms with E-state index in [0.717, 1.165) is 27.9 Å². The number of fused-ring (bicyclic) bond motifs is 1. The first-order chi connectivity index (χ1) is 8.66. The summed E-state index contributed by atoms with van der Waals surface area (Å²) in [5.41, 5.74) is 10.2. The van der Waals surface area contributed by atoms with Gasteiger partial charge < -0.3 is 10.7 Å². The highest BCUT2D eigenvalue weighted by molar-refractivity contribution is 6.35. The smallest absolute Gasteiger partial charge is 0.0728 e. The van der Waals surface area contributed by atoms with Crippen LogP contribution in [-0.2, 0) is 0 Å². The molecule has 0 aliphatic carbocycles. The molecule has 3 N–H and O–H groups in total. The number of aromatic nitrogens is 2. The Balaban J connectivity index is 2.25. The van der Waals surface area contributed by atoms with Crippen LogP contribution in [-0.4, -0.2) is 9.97 Å². The van der Waals surface area contributed by atoms with Crippen LogP contribution < -0.4 is 5.73 Å². The van der Waals surface area contributed by atoms with E-state index in [-0.39, 0.29) is 0 Å². The first-order valence-electron chi connectivity index (χ1n) is 5.66. The molecule has 2 aromatic heterocycles. The maximum atomic E-state index is 6.14. The van der Waals surface area contributed by atoms with Crippen molar-refractivity contribution >= 4 is 28.2 Å². The average molecular weight is 258 g/mol. The molecule has 18 heavy (non-hydrogen) atoms. The van der Waals surface area contributed by atoms with Gasteiger partial charge in [-0.25, -0.2) is 0 Å².